The Morgan fingerprint density at radius 1 is 1.14 bits per heavy atom. The van der Waals surface area contributed by atoms with Crippen LogP contribution < -0.4 is 15.8 Å². The van der Waals surface area contributed by atoms with Gasteiger partial charge < -0.3 is 30.5 Å². The van der Waals surface area contributed by atoms with Gasteiger partial charge in [0.2, 0.25) is 11.8 Å². The number of aryl methyl sites for hydroxylation is 1. The number of aliphatic hydroxyl groups is 1. The van der Waals surface area contributed by atoms with E-state index in [1.54, 1.807) is 14.2 Å². The number of unbranched alkanes of at least 4 members (excludes halogenated alkanes) is 1. The van der Waals surface area contributed by atoms with Gasteiger partial charge in [-0.2, -0.15) is 0 Å². The Morgan fingerprint density at radius 3 is 2.40 bits per heavy atom. The highest BCUT2D eigenvalue weighted by Gasteiger charge is 2.32. The fraction of sp³-hybridized carbons (Fsp3) is 0.806. The van der Waals surface area contributed by atoms with Gasteiger partial charge in [0.05, 0.1) is 13.2 Å². The molecule has 1 aromatic rings. The molecule has 240 valence electrons. The molecule has 1 heterocycles. The van der Waals surface area contributed by atoms with E-state index in [-0.39, 0.29) is 36.1 Å². The minimum Gasteiger partial charge on any atom is -0.481 e. The number of carbonyl (C=O) groups excluding carboxylic acids is 1. The Labute approximate surface area is 251 Å². The number of hydrogen-bond donors (Lipinski definition) is 3. The number of pyridine rings is 1. The zero-order valence-corrected chi connectivity index (χ0v) is 26.4. The van der Waals surface area contributed by atoms with Crippen molar-refractivity contribution in [1.29, 1.82) is 0 Å². The van der Waals surface area contributed by atoms with Gasteiger partial charge >= 0.3 is 0 Å². The minimum absolute atomic E-state index is 0.0228. The molecule has 1 amide bonds. The van der Waals surface area contributed by atoms with Crippen molar-refractivity contribution in [3.63, 3.8) is 0 Å². The highest BCUT2D eigenvalue weighted by Crippen LogP contribution is 2.28. The summed E-state index contributed by atoms with van der Waals surface area (Å²) in [5, 5.41) is 24.1. The average molecular weight is 595 g/mol. The summed E-state index contributed by atoms with van der Waals surface area (Å²) in [6, 6.07) is 1.65. The number of rotatable bonds is 19. The zero-order valence-electron chi connectivity index (χ0n) is 26.4. The largest absolute Gasteiger partial charge is 0.481 e. The van der Waals surface area contributed by atoms with Crippen LogP contribution in [0.25, 0.3) is 0 Å². The van der Waals surface area contributed by atoms with Crippen molar-refractivity contribution in [2.45, 2.75) is 116 Å². The normalized spacial score (nSPS) is 20.1. The van der Waals surface area contributed by atoms with E-state index >= 15 is 0 Å². The van der Waals surface area contributed by atoms with Crippen LogP contribution in [0.1, 0.15) is 90.2 Å². The molecule has 0 unspecified atom stereocenters. The fourth-order valence-corrected chi connectivity index (χ4v) is 5.84. The van der Waals surface area contributed by atoms with Crippen LogP contribution in [-0.4, -0.2) is 66.2 Å². The number of nitrogens with zero attached hydrogens (tertiary/aromatic N) is 2. The molecule has 11 heteroatoms. The van der Waals surface area contributed by atoms with Gasteiger partial charge in [0.25, 0.3) is 5.09 Å². The van der Waals surface area contributed by atoms with E-state index in [9.17, 15) is 20.0 Å². The van der Waals surface area contributed by atoms with Crippen molar-refractivity contribution >= 4 is 5.91 Å². The number of aliphatic hydroxyl groups excluding tert-OH is 1. The molecule has 11 nitrogen and oxygen atoms in total. The predicted molar refractivity (Wildman–Crippen MR) is 161 cm³/mol. The summed E-state index contributed by atoms with van der Waals surface area (Å²) in [7, 11) is 3.35. The third kappa shape index (κ3) is 12.0. The number of amides is 1. The molecule has 2 rings (SSSR count). The lowest BCUT2D eigenvalue weighted by atomic mass is 9.80. The van der Waals surface area contributed by atoms with Crippen LogP contribution in [0.3, 0.4) is 0 Å². The summed E-state index contributed by atoms with van der Waals surface area (Å²) >= 11 is 0. The van der Waals surface area contributed by atoms with E-state index in [1.165, 1.54) is 0 Å². The molecule has 0 spiro atoms. The molecular weight excluding hydrogens is 540 g/mol. The third-order valence-electron chi connectivity index (χ3n) is 8.62. The fourth-order valence-electron chi connectivity index (χ4n) is 5.84. The zero-order chi connectivity index (χ0) is 31.2. The average Bonchev–Trinajstić information content (AvgIpc) is 2.94. The van der Waals surface area contributed by atoms with Crippen molar-refractivity contribution < 1.29 is 29.3 Å². The lowest BCUT2D eigenvalue weighted by Gasteiger charge is -2.32. The summed E-state index contributed by atoms with van der Waals surface area (Å²) in [5.41, 5.74) is 8.78. The number of carbonyl (C=O) groups is 1. The second-order valence-electron chi connectivity index (χ2n) is 12.5. The molecule has 1 aromatic heterocycles. The van der Waals surface area contributed by atoms with E-state index in [0.717, 1.165) is 43.4 Å². The van der Waals surface area contributed by atoms with Gasteiger partial charge in [0.1, 0.15) is 6.10 Å². The van der Waals surface area contributed by atoms with Crippen molar-refractivity contribution in [3.05, 3.63) is 33.5 Å². The summed E-state index contributed by atoms with van der Waals surface area (Å²) in [5.74, 6) is 0.763. The van der Waals surface area contributed by atoms with Crippen molar-refractivity contribution in [1.82, 2.24) is 10.3 Å². The van der Waals surface area contributed by atoms with E-state index in [0.29, 0.717) is 43.9 Å². The molecule has 1 aliphatic carbocycles. The molecule has 42 heavy (non-hydrogen) atoms. The standard InChI is InChI=1S/C31H54N4O7/c1-20(2)24(16-22-15-23(9-7-8-14-40-5)31(41-6)33-19-22)17-28(32)29(36)18-27(21(3)4)30(37)34-25-10-12-26(13-11-25)42-35(38)39/h15,19-21,24-29,36H,7-14,16-18,32H2,1-6H3,(H,34,37)/t24-,25?,26?,27-,28-,29-/m0/s1. The Hall–Kier alpha value is -2.50. The summed E-state index contributed by atoms with van der Waals surface area (Å²) in [4.78, 5) is 33.0. The third-order valence-corrected chi connectivity index (χ3v) is 8.62. The summed E-state index contributed by atoms with van der Waals surface area (Å²) < 4.78 is 10.7. The van der Waals surface area contributed by atoms with Crippen LogP contribution in [0.2, 0.25) is 0 Å². The van der Waals surface area contributed by atoms with E-state index in [4.69, 9.17) is 15.2 Å². The van der Waals surface area contributed by atoms with Crippen molar-refractivity contribution in [2.75, 3.05) is 20.8 Å². The van der Waals surface area contributed by atoms with Crippen LogP contribution in [0.4, 0.5) is 0 Å². The lowest BCUT2D eigenvalue weighted by molar-refractivity contribution is -0.769. The maximum atomic E-state index is 13.2. The molecule has 4 atom stereocenters. The Bertz CT molecular complexity index is 953. The van der Waals surface area contributed by atoms with Gasteiger partial charge in [-0.1, -0.05) is 27.7 Å². The first-order valence-electron chi connectivity index (χ1n) is 15.5. The smallest absolute Gasteiger partial charge is 0.294 e. The predicted octanol–water partition coefficient (Wildman–Crippen LogP) is 4.25. The number of ether oxygens (including phenoxy) is 2. The van der Waals surface area contributed by atoms with Crippen LogP contribution in [-0.2, 0) is 27.2 Å². The summed E-state index contributed by atoms with van der Waals surface area (Å²) in [6.45, 7) is 9.02. The first-order chi connectivity index (χ1) is 19.9. The molecule has 0 bridgehead atoms. The highest BCUT2D eigenvalue weighted by atomic mass is 17.0. The van der Waals surface area contributed by atoms with Crippen LogP contribution in [0, 0.1) is 33.8 Å². The molecular formula is C31H54N4O7. The minimum atomic E-state index is -0.820. The maximum absolute atomic E-state index is 13.2. The molecule has 0 saturated heterocycles. The van der Waals surface area contributed by atoms with Crippen LogP contribution in [0.15, 0.2) is 12.3 Å². The van der Waals surface area contributed by atoms with Crippen molar-refractivity contribution in [3.8, 4) is 5.88 Å². The first kappa shape index (κ1) is 35.7. The van der Waals surface area contributed by atoms with Gasteiger partial charge in [-0.25, -0.2) is 4.98 Å². The molecule has 0 radical (unpaired) electrons. The number of hydrogen-bond acceptors (Lipinski definition) is 9. The van der Waals surface area contributed by atoms with Gasteiger partial charge in [-0.3, -0.25) is 4.79 Å². The molecule has 4 N–H and O–H groups in total. The SMILES string of the molecule is COCCCCc1cc(C[C@@H](C[C@H](N)[C@@H](O)C[C@H](C(=O)NC2CCC(O[N+](=O)[O-])CC2)C(C)C)C(C)C)cnc1OC. The van der Waals surface area contributed by atoms with E-state index < -0.39 is 23.3 Å². The maximum Gasteiger partial charge on any atom is 0.294 e. The Morgan fingerprint density at radius 2 is 1.83 bits per heavy atom. The second kappa shape index (κ2) is 18.2. The monoisotopic (exact) mass is 594 g/mol. The Kier molecular flexibility index (Phi) is 15.5. The number of aromatic nitrogens is 1. The Balaban J connectivity index is 1.97. The van der Waals surface area contributed by atoms with E-state index in [1.807, 2.05) is 20.0 Å². The molecule has 1 aliphatic rings. The van der Waals surface area contributed by atoms with Crippen molar-refractivity contribution in [2.24, 2.45) is 29.4 Å². The topological polar surface area (TPSA) is 159 Å². The number of nitrogens with one attached hydrogen (secondary N) is 1. The number of methoxy groups -OCH3 is 2. The molecule has 1 fully saturated rings. The van der Waals surface area contributed by atoms with Crippen LogP contribution >= 0.6 is 0 Å². The van der Waals surface area contributed by atoms with Crippen LogP contribution in [0.5, 0.6) is 5.88 Å². The summed E-state index contributed by atoms with van der Waals surface area (Å²) in [6.07, 6.45) is 7.47. The van der Waals surface area contributed by atoms with Gasteiger partial charge in [0, 0.05) is 43.5 Å². The van der Waals surface area contributed by atoms with E-state index in [2.05, 4.69) is 35.1 Å². The molecule has 0 aliphatic heterocycles. The quantitative estimate of drug-likeness (QED) is 0.121. The molecule has 0 aromatic carbocycles. The van der Waals surface area contributed by atoms with Gasteiger partial charge in [-0.05, 0) is 93.6 Å². The first-order valence-corrected chi connectivity index (χ1v) is 15.5. The van der Waals surface area contributed by atoms with Gasteiger partial charge in [-0.15, -0.1) is 10.1 Å². The van der Waals surface area contributed by atoms with Gasteiger partial charge in [0.15, 0.2) is 0 Å². The number of nitrogens with two attached hydrogens (primary N) is 1. The highest BCUT2D eigenvalue weighted by molar-refractivity contribution is 5.79. The second-order valence-corrected chi connectivity index (χ2v) is 12.5. The molecule has 1 saturated carbocycles. The lowest BCUT2D eigenvalue weighted by Crippen LogP contribution is -2.46.